The number of piperidine rings is 1. The van der Waals surface area contributed by atoms with Crippen LogP contribution in [0.15, 0.2) is 23.1 Å². The van der Waals surface area contributed by atoms with E-state index in [4.69, 9.17) is 11.6 Å². The van der Waals surface area contributed by atoms with Gasteiger partial charge in [-0.2, -0.15) is 0 Å². The third-order valence-corrected chi connectivity index (χ3v) is 3.59. The number of likely N-dealkylation sites (tertiary alicyclic amines) is 1. The van der Waals surface area contributed by atoms with E-state index >= 15 is 0 Å². The lowest BCUT2D eigenvalue weighted by atomic mass is 9.98. The minimum atomic E-state index is -0.192. The van der Waals surface area contributed by atoms with E-state index in [2.05, 4.69) is 4.98 Å². The Kier molecular flexibility index (Phi) is 3.84. The number of hydrogen-bond acceptors (Lipinski definition) is 2. The molecule has 0 spiro atoms. The summed E-state index contributed by atoms with van der Waals surface area (Å²) in [6, 6.07) is 2.94. The van der Waals surface area contributed by atoms with E-state index in [1.165, 1.54) is 12.3 Å². The summed E-state index contributed by atoms with van der Waals surface area (Å²) in [5.41, 5.74) is 0.344. The maximum absolute atomic E-state index is 12.1. The highest BCUT2D eigenvalue weighted by atomic mass is 35.5. The van der Waals surface area contributed by atoms with Crippen LogP contribution in [0.2, 0.25) is 0 Å². The number of alkyl halides is 1. The Hall–Kier alpha value is -1.29. The molecule has 1 aliphatic rings. The van der Waals surface area contributed by atoms with E-state index in [1.807, 2.05) is 4.90 Å². The monoisotopic (exact) mass is 254 g/mol. The first-order chi connectivity index (χ1) is 8.20. The van der Waals surface area contributed by atoms with Gasteiger partial charge in [0.05, 0.1) is 5.56 Å². The van der Waals surface area contributed by atoms with Crippen LogP contribution < -0.4 is 5.56 Å². The summed E-state index contributed by atoms with van der Waals surface area (Å²) in [5, 5.41) is 0. The summed E-state index contributed by atoms with van der Waals surface area (Å²) in [5.74, 6) is 1.17. The quantitative estimate of drug-likeness (QED) is 0.813. The van der Waals surface area contributed by atoms with Crippen molar-refractivity contribution >= 4 is 17.5 Å². The summed E-state index contributed by atoms with van der Waals surface area (Å²) in [4.78, 5) is 27.3. The Labute approximate surface area is 105 Å². The summed E-state index contributed by atoms with van der Waals surface area (Å²) in [6.07, 6.45) is 3.38. The van der Waals surface area contributed by atoms with E-state index in [1.54, 1.807) is 6.07 Å². The molecule has 0 aliphatic carbocycles. The minimum absolute atomic E-state index is 0.0192. The van der Waals surface area contributed by atoms with E-state index in [0.717, 1.165) is 25.9 Å². The minimum Gasteiger partial charge on any atom is -0.339 e. The Morgan fingerprint density at radius 3 is 2.65 bits per heavy atom. The van der Waals surface area contributed by atoms with Gasteiger partial charge in [0.25, 0.3) is 5.91 Å². The highest BCUT2D eigenvalue weighted by Crippen LogP contribution is 2.19. The van der Waals surface area contributed by atoms with Crippen molar-refractivity contribution in [2.45, 2.75) is 12.8 Å². The van der Waals surface area contributed by atoms with Gasteiger partial charge in [0, 0.05) is 31.2 Å². The van der Waals surface area contributed by atoms with E-state index in [9.17, 15) is 9.59 Å². The van der Waals surface area contributed by atoms with Crippen molar-refractivity contribution in [3.63, 3.8) is 0 Å². The van der Waals surface area contributed by atoms with Crippen LogP contribution in [0.1, 0.15) is 23.2 Å². The van der Waals surface area contributed by atoms with Crippen LogP contribution in [-0.2, 0) is 0 Å². The maximum atomic E-state index is 12.1. The van der Waals surface area contributed by atoms with E-state index < -0.39 is 0 Å². The molecule has 2 heterocycles. The van der Waals surface area contributed by atoms with Gasteiger partial charge in [0.15, 0.2) is 0 Å². The SMILES string of the molecule is O=C(c1ccc(=O)[nH]c1)N1CCC(CCl)CC1. The molecule has 1 N–H and O–H groups in total. The molecule has 0 saturated carbocycles. The largest absolute Gasteiger partial charge is 0.339 e. The van der Waals surface area contributed by atoms with Crippen molar-refractivity contribution in [2.24, 2.45) is 5.92 Å². The lowest BCUT2D eigenvalue weighted by Crippen LogP contribution is -2.39. The van der Waals surface area contributed by atoms with Crippen molar-refractivity contribution in [1.82, 2.24) is 9.88 Å². The highest BCUT2D eigenvalue weighted by molar-refractivity contribution is 6.18. The summed E-state index contributed by atoms with van der Waals surface area (Å²) >= 11 is 5.80. The van der Waals surface area contributed by atoms with Gasteiger partial charge < -0.3 is 9.88 Å². The topological polar surface area (TPSA) is 53.2 Å². The molecule has 4 nitrogen and oxygen atoms in total. The third-order valence-electron chi connectivity index (χ3n) is 3.15. The van der Waals surface area contributed by atoms with Gasteiger partial charge in [-0.1, -0.05) is 0 Å². The number of aromatic nitrogens is 1. The Morgan fingerprint density at radius 2 is 2.12 bits per heavy atom. The first kappa shape index (κ1) is 12.2. The average Bonchev–Trinajstić information content (AvgIpc) is 2.39. The number of aromatic amines is 1. The third kappa shape index (κ3) is 2.88. The van der Waals surface area contributed by atoms with Gasteiger partial charge in [-0.25, -0.2) is 0 Å². The fourth-order valence-electron chi connectivity index (χ4n) is 2.02. The molecule has 1 amide bonds. The van der Waals surface area contributed by atoms with Crippen LogP contribution in [-0.4, -0.2) is 34.8 Å². The lowest BCUT2D eigenvalue weighted by Gasteiger charge is -2.31. The molecule has 0 atom stereocenters. The summed E-state index contributed by atoms with van der Waals surface area (Å²) in [7, 11) is 0. The van der Waals surface area contributed by atoms with Gasteiger partial charge in [-0.05, 0) is 24.8 Å². The molecule has 92 valence electrons. The molecular weight excluding hydrogens is 240 g/mol. The first-order valence-electron chi connectivity index (χ1n) is 5.74. The van der Waals surface area contributed by atoms with Gasteiger partial charge in [-0.3, -0.25) is 9.59 Å². The van der Waals surface area contributed by atoms with Crippen molar-refractivity contribution in [1.29, 1.82) is 0 Å². The van der Waals surface area contributed by atoms with E-state index in [-0.39, 0.29) is 11.5 Å². The smallest absolute Gasteiger partial charge is 0.255 e. The second-order valence-corrected chi connectivity index (χ2v) is 4.64. The molecule has 0 unspecified atom stereocenters. The maximum Gasteiger partial charge on any atom is 0.255 e. The van der Waals surface area contributed by atoms with Crippen molar-refractivity contribution in [2.75, 3.05) is 19.0 Å². The van der Waals surface area contributed by atoms with Crippen LogP contribution in [0, 0.1) is 5.92 Å². The van der Waals surface area contributed by atoms with Gasteiger partial charge in [0.2, 0.25) is 5.56 Å². The fourth-order valence-corrected chi connectivity index (χ4v) is 2.33. The van der Waals surface area contributed by atoms with Gasteiger partial charge in [0.1, 0.15) is 0 Å². The number of carbonyl (C=O) groups is 1. The molecule has 1 fully saturated rings. The molecule has 17 heavy (non-hydrogen) atoms. The Bertz CT molecular complexity index is 430. The zero-order valence-corrected chi connectivity index (χ0v) is 10.2. The van der Waals surface area contributed by atoms with Gasteiger partial charge >= 0.3 is 0 Å². The number of nitrogens with one attached hydrogen (secondary N) is 1. The fraction of sp³-hybridized carbons (Fsp3) is 0.500. The number of carbonyl (C=O) groups excluding carboxylic acids is 1. The van der Waals surface area contributed by atoms with Crippen LogP contribution in [0.4, 0.5) is 0 Å². The zero-order valence-electron chi connectivity index (χ0n) is 9.49. The molecule has 1 saturated heterocycles. The normalized spacial score (nSPS) is 17.1. The molecule has 1 aliphatic heterocycles. The Balaban J connectivity index is 2.01. The number of hydrogen-bond donors (Lipinski definition) is 1. The molecule has 0 bridgehead atoms. The van der Waals surface area contributed by atoms with Crippen LogP contribution in [0.25, 0.3) is 0 Å². The number of H-pyrrole nitrogens is 1. The first-order valence-corrected chi connectivity index (χ1v) is 6.28. The van der Waals surface area contributed by atoms with Crippen molar-refractivity contribution < 1.29 is 4.79 Å². The second kappa shape index (κ2) is 5.36. The predicted molar refractivity (Wildman–Crippen MR) is 66.4 cm³/mol. The summed E-state index contributed by atoms with van der Waals surface area (Å²) < 4.78 is 0. The molecule has 2 rings (SSSR count). The molecular formula is C12H15ClN2O2. The molecule has 1 aromatic heterocycles. The Morgan fingerprint density at radius 1 is 1.41 bits per heavy atom. The average molecular weight is 255 g/mol. The predicted octanol–water partition coefficient (Wildman–Crippen LogP) is 1.47. The van der Waals surface area contributed by atoms with E-state index in [0.29, 0.717) is 17.4 Å². The number of pyridine rings is 1. The molecule has 0 radical (unpaired) electrons. The molecule has 5 heteroatoms. The van der Waals surface area contributed by atoms with Crippen LogP contribution >= 0.6 is 11.6 Å². The lowest BCUT2D eigenvalue weighted by molar-refractivity contribution is 0.0698. The molecule has 0 aromatic carbocycles. The van der Waals surface area contributed by atoms with Crippen LogP contribution in [0.3, 0.4) is 0 Å². The van der Waals surface area contributed by atoms with Gasteiger partial charge in [-0.15, -0.1) is 11.6 Å². The second-order valence-electron chi connectivity index (χ2n) is 4.33. The standard InChI is InChI=1S/C12H15ClN2O2/c13-7-9-3-5-15(6-4-9)12(17)10-1-2-11(16)14-8-10/h1-2,8-9H,3-7H2,(H,14,16). The van der Waals surface area contributed by atoms with Crippen LogP contribution in [0.5, 0.6) is 0 Å². The molecule has 1 aromatic rings. The van der Waals surface area contributed by atoms with Crippen molar-refractivity contribution in [3.8, 4) is 0 Å². The number of rotatable bonds is 2. The highest BCUT2D eigenvalue weighted by Gasteiger charge is 2.22. The number of nitrogens with zero attached hydrogens (tertiary/aromatic N) is 1. The number of halogens is 1. The van der Waals surface area contributed by atoms with Crippen molar-refractivity contribution in [3.05, 3.63) is 34.2 Å². The zero-order chi connectivity index (χ0) is 12.3. The summed E-state index contributed by atoms with van der Waals surface area (Å²) in [6.45, 7) is 1.49. The number of amides is 1.